The summed E-state index contributed by atoms with van der Waals surface area (Å²) in [5, 5.41) is 11.1. The fourth-order valence-electron chi connectivity index (χ4n) is 2.37. The van der Waals surface area contributed by atoms with Crippen LogP contribution in [0.2, 0.25) is 0 Å². The minimum absolute atomic E-state index is 0.0784. The van der Waals surface area contributed by atoms with Crippen molar-refractivity contribution in [3.8, 4) is 0 Å². The molecule has 1 heterocycles. The number of halogens is 3. The van der Waals surface area contributed by atoms with Gasteiger partial charge in [0, 0.05) is 37.4 Å². The number of alkyl halides is 3. The third-order valence-corrected chi connectivity index (χ3v) is 3.51. The normalized spacial score (nSPS) is 15.1. The molecular formula is C15H17F3N2O3. The summed E-state index contributed by atoms with van der Waals surface area (Å²) in [5.41, 5.74) is -1.05. The molecule has 0 unspecified atom stereocenters. The fourth-order valence-corrected chi connectivity index (χ4v) is 2.37. The molecule has 5 nitrogen and oxygen atoms in total. The van der Waals surface area contributed by atoms with Gasteiger partial charge in [0.15, 0.2) is 0 Å². The highest BCUT2D eigenvalue weighted by Crippen LogP contribution is 2.34. The molecule has 1 fully saturated rings. The predicted octanol–water partition coefficient (Wildman–Crippen LogP) is 1.94. The number of rotatable bonds is 5. The lowest BCUT2D eigenvalue weighted by Crippen LogP contribution is -2.27. The molecule has 0 atom stereocenters. The molecule has 1 saturated heterocycles. The largest absolute Gasteiger partial charge is 0.416 e. The summed E-state index contributed by atoms with van der Waals surface area (Å²) in [5.74, 6) is -0.923. The van der Waals surface area contributed by atoms with Crippen molar-refractivity contribution in [3.63, 3.8) is 0 Å². The maximum Gasteiger partial charge on any atom is 0.416 e. The molecule has 1 aromatic rings. The number of nitrogens with zero attached hydrogens (tertiary/aromatic N) is 1. The Bertz CT molecular complexity index is 602. The second-order valence-corrected chi connectivity index (χ2v) is 5.25. The number of hydrogen-bond acceptors (Lipinski definition) is 3. The summed E-state index contributed by atoms with van der Waals surface area (Å²) in [6.07, 6.45) is -3.44. The second kappa shape index (κ2) is 6.99. The Labute approximate surface area is 131 Å². The zero-order valence-electron chi connectivity index (χ0n) is 12.3. The van der Waals surface area contributed by atoms with Gasteiger partial charge >= 0.3 is 6.18 Å². The molecule has 126 valence electrons. The number of hydrogen-bond donors (Lipinski definition) is 2. The van der Waals surface area contributed by atoms with E-state index in [1.807, 2.05) is 0 Å². The molecule has 2 N–H and O–H groups in total. The van der Waals surface area contributed by atoms with Gasteiger partial charge in [-0.2, -0.15) is 13.2 Å². The highest BCUT2D eigenvalue weighted by molar-refractivity contribution is 5.99. The van der Waals surface area contributed by atoms with Gasteiger partial charge in [0.2, 0.25) is 5.91 Å². The van der Waals surface area contributed by atoms with Crippen LogP contribution in [0.1, 0.15) is 35.2 Å². The van der Waals surface area contributed by atoms with Crippen LogP contribution in [0.15, 0.2) is 18.2 Å². The van der Waals surface area contributed by atoms with Crippen molar-refractivity contribution in [3.05, 3.63) is 29.3 Å². The summed E-state index contributed by atoms with van der Waals surface area (Å²) in [6, 6.07) is 2.93. The molecule has 0 aliphatic carbocycles. The van der Waals surface area contributed by atoms with E-state index in [4.69, 9.17) is 5.11 Å². The molecule has 23 heavy (non-hydrogen) atoms. The van der Waals surface area contributed by atoms with E-state index in [1.165, 1.54) is 11.0 Å². The Morgan fingerprint density at radius 2 is 2.04 bits per heavy atom. The first-order chi connectivity index (χ1) is 10.8. The van der Waals surface area contributed by atoms with Crippen molar-refractivity contribution in [2.75, 3.05) is 24.6 Å². The van der Waals surface area contributed by atoms with Crippen molar-refractivity contribution in [2.24, 2.45) is 0 Å². The standard InChI is InChI=1S/C15H17F3N2O3/c16-15(17,18)11-7-10(14(23)19-4-2-6-21)8-12(9-11)20-5-1-3-13(20)22/h7-9,21H,1-6H2,(H,19,23). The maximum atomic E-state index is 13.0. The number of amides is 2. The second-order valence-electron chi connectivity index (χ2n) is 5.25. The lowest BCUT2D eigenvalue weighted by atomic mass is 10.1. The first-order valence-electron chi connectivity index (χ1n) is 7.24. The lowest BCUT2D eigenvalue weighted by Gasteiger charge is -2.19. The van der Waals surface area contributed by atoms with Crippen molar-refractivity contribution in [2.45, 2.75) is 25.4 Å². The Morgan fingerprint density at radius 1 is 1.30 bits per heavy atom. The molecule has 0 bridgehead atoms. The van der Waals surface area contributed by atoms with Gasteiger partial charge < -0.3 is 15.3 Å². The fraction of sp³-hybridized carbons (Fsp3) is 0.467. The van der Waals surface area contributed by atoms with Crippen LogP contribution in [-0.4, -0.2) is 36.6 Å². The van der Waals surface area contributed by atoms with E-state index in [9.17, 15) is 22.8 Å². The van der Waals surface area contributed by atoms with Crippen molar-refractivity contribution < 1.29 is 27.9 Å². The van der Waals surface area contributed by atoms with E-state index in [1.54, 1.807) is 0 Å². The molecule has 0 spiro atoms. The molecule has 2 amide bonds. The van der Waals surface area contributed by atoms with Gasteiger partial charge in [0.1, 0.15) is 0 Å². The van der Waals surface area contributed by atoms with Crippen molar-refractivity contribution in [1.82, 2.24) is 5.32 Å². The Hall–Kier alpha value is -2.09. The first-order valence-corrected chi connectivity index (χ1v) is 7.24. The topological polar surface area (TPSA) is 69.6 Å². The van der Waals surface area contributed by atoms with Gasteiger partial charge in [-0.1, -0.05) is 0 Å². The number of anilines is 1. The third kappa shape index (κ3) is 4.22. The third-order valence-electron chi connectivity index (χ3n) is 3.51. The molecule has 1 aliphatic heterocycles. The number of carbonyl (C=O) groups excluding carboxylic acids is 2. The molecule has 1 aliphatic rings. The van der Waals surface area contributed by atoms with Crippen LogP contribution in [0.4, 0.5) is 18.9 Å². The molecule has 2 rings (SSSR count). The van der Waals surface area contributed by atoms with Crippen molar-refractivity contribution in [1.29, 1.82) is 0 Å². The quantitative estimate of drug-likeness (QED) is 0.811. The average Bonchev–Trinajstić information content (AvgIpc) is 2.92. The van der Waals surface area contributed by atoms with E-state index in [0.29, 0.717) is 19.4 Å². The summed E-state index contributed by atoms with van der Waals surface area (Å²) in [6.45, 7) is 0.367. The van der Waals surface area contributed by atoms with Crippen molar-refractivity contribution >= 4 is 17.5 Å². The number of carbonyl (C=O) groups is 2. The summed E-state index contributed by atoms with van der Waals surface area (Å²) < 4.78 is 39.1. The predicted molar refractivity (Wildman–Crippen MR) is 77.1 cm³/mol. The van der Waals surface area contributed by atoms with Crippen LogP contribution >= 0.6 is 0 Å². The Balaban J connectivity index is 2.33. The zero-order chi connectivity index (χ0) is 17.0. The molecule has 0 radical (unpaired) electrons. The Kier molecular flexibility index (Phi) is 5.25. The van der Waals surface area contributed by atoms with Crippen LogP contribution in [0, 0.1) is 0 Å². The minimum atomic E-state index is -4.61. The van der Waals surface area contributed by atoms with Crippen LogP contribution in [0.5, 0.6) is 0 Å². The van der Waals surface area contributed by atoms with E-state index in [-0.39, 0.29) is 36.7 Å². The van der Waals surface area contributed by atoms with Gasteiger partial charge in [0.05, 0.1) is 5.56 Å². The first kappa shape index (κ1) is 17.3. The van der Waals surface area contributed by atoms with E-state index >= 15 is 0 Å². The highest BCUT2D eigenvalue weighted by atomic mass is 19.4. The molecular weight excluding hydrogens is 313 g/mol. The Morgan fingerprint density at radius 3 is 2.61 bits per heavy atom. The van der Waals surface area contributed by atoms with Gasteiger partial charge in [-0.25, -0.2) is 0 Å². The number of aliphatic hydroxyl groups is 1. The lowest BCUT2D eigenvalue weighted by molar-refractivity contribution is -0.137. The zero-order valence-corrected chi connectivity index (χ0v) is 12.3. The molecule has 0 aromatic heterocycles. The SMILES string of the molecule is O=C(NCCCO)c1cc(N2CCCC2=O)cc(C(F)(F)F)c1. The monoisotopic (exact) mass is 330 g/mol. The van der Waals surface area contributed by atoms with Crippen LogP contribution in [-0.2, 0) is 11.0 Å². The summed E-state index contributed by atoms with van der Waals surface area (Å²) >= 11 is 0. The maximum absolute atomic E-state index is 13.0. The number of aliphatic hydroxyl groups excluding tert-OH is 1. The average molecular weight is 330 g/mol. The van der Waals surface area contributed by atoms with Gasteiger partial charge in [-0.15, -0.1) is 0 Å². The minimum Gasteiger partial charge on any atom is -0.396 e. The molecule has 8 heteroatoms. The number of benzene rings is 1. The van der Waals surface area contributed by atoms with E-state index in [0.717, 1.165) is 12.1 Å². The van der Waals surface area contributed by atoms with Gasteiger partial charge in [-0.3, -0.25) is 9.59 Å². The molecule has 0 saturated carbocycles. The van der Waals surface area contributed by atoms with Crippen LogP contribution in [0.3, 0.4) is 0 Å². The number of nitrogens with one attached hydrogen (secondary N) is 1. The smallest absolute Gasteiger partial charge is 0.396 e. The summed E-state index contributed by atoms with van der Waals surface area (Å²) in [4.78, 5) is 25.0. The molecule has 1 aromatic carbocycles. The van der Waals surface area contributed by atoms with Gasteiger partial charge in [0.25, 0.3) is 5.91 Å². The van der Waals surface area contributed by atoms with Crippen LogP contribution < -0.4 is 10.2 Å². The highest BCUT2D eigenvalue weighted by Gasteiger charge is 2.33. The van der Waals surface area contributed by atoms with Crippen LogP contribution in [0.25, 0.3) is 0 Å². The van der Waals surface area contributed by atoms with E-state index < -0.39 is 17.6 Å². The summed E-state index contributed by atoms with van der Waals surface area (Å²) in [7, 11) is 0. The van der Waals surface area contributed by atoms with Gasteiger partial charge in [-0.05, 0) is 31.0 Å². The van der Waals surface area contributed by atoms with E-state index in [2.05, 4.69) is 5.32 Å².